The topological polar surface area (TPSA) is 37.3 Å². The molecule has 86 valence electrons. The minimum absolute atomic E-state index is 0.128. The number of rotatable bonds is 2. The van der Waals surface area contributed by atoms with Gasteiger partial charge in [0.05, 0.1) is 5.92 Å². The highest BCUT2D eigenvalue weighted by atomic mass is 79.9. The molecule has 1 aliphatic carbocycles. The Kier molecular flexibility index (Phi) is 2.61. The van der Waals surface area contributed by atoms with Crippen molar-refractivity contribution in [1.82, 2.24) is 0 Å². The lowest BCUT2D eigenvalue weighted by Crippen LogP contribution is -2.03. The molecule has 1 saturated carbocycles. The zero-order valence-electron chi connectivity index (χ0n) is 9.62. The average Bonchev–Trinajstić information content (AvgIpc) is 2.74. The first-order chi connectivity index (χ1) is 7.37. The van der Waals surface area contributed by atoms with Crippen molar-refractivity contribution in [1.29, 1.82) is 0 Å². The second kappa shape index (κ2) is 3.59. The molecule has 1 aromatic rings. The number of carboxylic acids is 1. The van der Waals surface area contributed by atoms with Crippen molar-refractivity contribution in [2.24, 2.45) is 11.3 Å². The molecule has 1 N–H and O–H groups in total. The second-order valence-electron chi connectivity index (χ2n) is 5.07. The molecule has 2 unspecified atom stereocenters. The van der Waals surface area contributed by atoms with E-state index in [1.165, 1.54) is 0 Å². The average molecular weight is 283 g/mol. The Morgan fingerprint density at radius 3 is 2.56 bits per heavy atom. The summed E-state index contributed by atoms with van der Waals surface area (Å²) in [5.74, 6) is -0.794. The van der Waals surface area contributed by atoms with Crippen molar-refractivity contribution in [3.63, 3.8) is 0 Å². The van der Waals surface area contributed by atoms with Crippen LogP contribution in [0.2, 0.25) is 0 Å². The van der Waals surface area contributed by atoms with Gasteiger partial charge in [-0.15, -0.1) is 0 Å². The highest BCUT2D eigenvalue weighted by molar-refractivity contribution is 9.10. The van der Waals surface area contributed by atoms with Gasteiger partial charge in [-0.05, 0) is 29.5 Å². The Morgan fingerprint density at radius 2 is 2.06 bits per heavy atom. The lowest BCUT2D eigenvalue weighted by atomic mass is 9.99. The number of carboxylic acid groups (broad SMARTS) is 1. The van der Waals surface area contributed by atoms with E-state index in [0.29, 0.717) is 0 Å². The van der Waals surface area contributed by atoms with Gasteiger partial charge in [0, 0.05) is 10.4 Å². The molecule has 0 heterocycles. The maximum atomic E-state index is 11.1. The molecule has 1 aromatic carbocycles. The van der Waals surface area contributed by atoms with Gasteiger partial charge in [-0.3, -0.25) is 4.79 Å². The first-order valence-electron chi connectivity index (χ1n) is 5.35. The lowest BCUT2D eigenvalue weighted by molar-refractivity contribution is -0.139. The number of hydrogen-bond acceptors (Lipinski definition) is 1. The zero-order valence-corrected chi connectivity index (χ0v) is 11.2. The fourth-order valence-electron chi connectivity index (χ4n) is 2.64. The molecule has 0 aliphatic heterocycles. The second-order valence-corrected chi connectivity index (χ2v) is 5.92. The minimum atomic E-state index is -0.686. The van der Waals surface area contributed by atoms with Gasteiger partial charge < -0.3 is 5.11 Å². The Balaban J connectivity index is 2.41. The number of benzene rings is 1. The number of carbonyl (C=O) groups is 1. The molecule has 3 heteroatoms. The molecule has 0 amide bonds. The molecule has 2 rings (SSSR count). The summed E-state index contributed by atoms with van der Waals surface area (Å²) in [5.41, 5.74) is 2.19. The Bertz CT molecular complexity index is 451. The third-order valence-corrected chi connectivity index (χ3v) is 4.60. The first-order valence-corrected chi connectivity index (χ1v) is 6.14. The van der Waals surface area contributed by atoms with E-state index in [9.17, 15) is 4.79 Å². The number of aliphatic carboxylic acids is 1. The van der Waals surface area contributed by atoms with Gasteiger partial charge in [-0.25, -0.2) is 0 Å². The standard InChI is InChI=1S/C13H15BrO2/c1-7-8(5-4-6-9(7)14)10-11(12(15)16)13(10,2)3/h4-6,10-11H,1-3H3,(H,15,16). The molecule has 2 atom stereocenters. The van der Waals surface area contributed by atoms with E-state index in [-0.39, 0.29) is 17.3 Å². The quantitative estimate of drug-likeness (QED) is 0.900. The van der Waals surface area contributed by atoms with Crippen molar-refractivity contribution in [3.8, 4) is 0 Å². The van der Waals surface area contributed by atoms with Gasteiger partial charge in [0.15, 0.2) is 0 Å². The molecule has 0 spiro atoms. The predicted octanol–water partition coefficient (Wildman–Crippen LogP) is 3.58. The molecule has 16 heavy (non-hydrogen) atoms. The number of hydrogen-bond donors (Lipinski definition) is 1. The van der Waals surface area contributed by atoms with Crippen LogP contribution in [-0.2, 0) is 4.79 Å². The highest BCUT2D eigenvalue weighted by Gasteiger charge is 2.62. The van der Waals surface area contributed by atoms with E-state index in [2.05, 4.69) is 15.9 Å². The summed E-state index contributed by atoms with van der Waals surface area (Å²) in [4.78, 5) is 11.1. The fourth-order valence-corrected chi connectivity index (χ4v) is 3.02. The van der Waals surface area contributed by atoms with Crippen LogP contribution in [0.1, 0.15) is 30.9 Å². The van der Waals surface area contributed by atoms with Crippen LogP contribution in [-0.4, -0.2) is 11.1 Å². The van der Waals surface area contributed by atoms with Crippen LogP contribution in [0, 0.1) is 18.3 Å². The maximum absolute atomic E-state index is 11.1. The fraction of sp³-hybridized carbons (Fsp3) is 0.462. The zero-order chi connectivity index (χ0) is 12.1. The van der Waals surface area contributed by atoms with Crippen LogP contribution in [0.25, 0.3) is 0 Å². The molecule has 1 fully saturated rings. The van der Waals surface area contributed by atoms with Crippen LogP contribution in [0.15, 0.2) is 22.7 Å². The van der Waals surface area contributed by atoms with Gasteiger partial charge in [0.2, 0.25) is 0 Å². The van der Waals surface area contributed by atoms with Gasteiger partial charge >= 0.3 is 5.97 Å². The highest BCUT2D eigenvalue weighted by Crippen LogP contribution is 2.65. The Morgan fingerprint density at radius 1 is 1.44 bits per heavy atom. The summed E-state index contributed by atoms with van der Waals surface area (Å²) in [6, 6.07) is 6.00. The molecular weight excluding hydrogens is 268 g/mol. The van der Waals surface area contributed by atoms with Crippen LogP contribution < -0.4 is 0 Å². The van der Waals surface area contributed by atoms with E-state index >= 15 is 0 Å². The summed E-state index contributed by atoms with van der Waals surface area (Å²) in [5, 5.41) is 9.17. The van der Waals surface area contributed by atoms with Crippen LogP contribution in [0.4, 0.5) is 0 Å². The van der Waals surface area contributed by atoms with Crippen molar-refractivity contribution < 1.29 is 9.90 Å². The van der Waals surface area contributed by atoms with E-state index in [0.717, 1.165) is 15.6 Å². The Labute approximate surface area is 104 Å². The maximum Gasteiger partial charge on any atom is 0.307 e. The third kappa shape index (κ3) is 1.58. The summed E-state index contributed by atoms with van der Waals surface area (Å²) in [6.07, 6.45) is 0. The molecule has 2 nitrogen and oxygen atoms in total. The van der Waals surface area contributed by atoms with Crippen molar-refractivity contribution in [2.45, 2.75) is 26.7 Å². The van der Waals surface area contributed by atoms with Gasteiger partial charge in [-0.2, -0.15) is 0 Å². The number of halogens is 1. The van der Waals surface area contributed by atoms with E-state index < -0.39 is 5.97 Å². The normalized spacial score (nSPS) is 26.5. The van der Waals surface area contributed by atoms with E-state index in [4.69, 9.17) is 5.11 Å². The SMILES string of the molecule is Cc1c(Br)cccc1C1C(C(=O)O)C1(C)C. The van der Waals surface area contributed by atoms with Crippen molar-refractivity contribution in [2.75, 3.05) is 0 Å². The van der Waals surface area contributed by atoms with Crippen LogP contribution in [0.3, 0.4) is 0 Å². The molecule has 0 aromatic heterocycles. The largest absolute Gasteiger partial charge is 0.481 e. The molecular formula is C13H15BrO2. The molecule has 0 saturated heterocycles. The summed E-state index contributed by atoms with van der Waals surface area (Å²) < 4.78 is 1.05. The predicted molar refractivity (Wildman–Crippen MR) is 66.5 cm³/mol. The molecule has 0 radical (unpaired) electrons. The van der Waals surface area contributed by atoms with E-state index in [1.807, 2.05) is 39.0 Å². The summed E-state index contributed by atoms with van der Waals surface area (Å²) in [6.45, 7) is 6.08. The summed E-state index contributed by atoms with van der Waals surface area (Å²) >= 11 is 3.49. The van der Waals surface area contributed by atoms with Crippen LogP contribution in [0.5, 0.6) is 0 Å². The molecule has 1 aliphatic rings. The van der Waals surface area contributed by atoms with Crippen molar-refractivity contribution >= 4 is 21.9 Å². The third-order valence-electron chi connectivity index (χ3n) is 3.74. The first kappa shape index (κ1) is 11.6. The smallest absolute Gasteiger partial charge is 0.307 e. The monoisotopic (exact) mass is 282 g/mol. The van der Waals surface area contributed by atoms with Gasteiger partial charge in [-0.1, -0.05) is 41.9 Å². The summed E-state index contributed by atoms with van der Waals surface area (Å²) in [7, 11) is 0. The molecule has 0 bridgehead atoms. The van der Waals surface area contributed by atoms with E-state index in [1.54, 1.807) is 0 Å². The van der Waals surface area contributed by atoms with Crippen LogP contribution >= 0.6 is 15.9 Å². The minimum Gasteiger partial charge on any atom is -0.481 e. The Hall–Kier alpha value is -0.830. The van der Waals surface area contributed by atoms with Gasteiger partial charge in [0.25, 0.3) is 0 Å². The van der Waals surface area contributed by atoms with Gasteiger partial charge in [0.1, 0.15) is 0 Å². The lowest BCUT2D eigenvalue weighted by Gasteiger charge is -2.08. The van der Waals surface area contributed by atoms with Crippen molar-refractivity contribution in [3.05, 3.63) is 33.8 Å².